The summed E-state index contributed by atoms with van der Waals surface area (Å²) in [6.45, 7) is 6.30. The van der Waals surface area contributed by atoms with Crippen LogP contribution in [0.25, 0.3) is 0 Å². The SMILES string of the molecule is Cc1ccc(C(=O)NCC(C)C)cc1F. The van der Waals surface area contributed by atoms with Crippen LogP contribution in [0.3, 0.4) is 0 Å². The fourth-order valence-electron chi connectivity index (χ4n) is 1.13. The second kappa shape index (κ2) is 4.91. The molecule has 0 saturated carbocycles. The van der Waals surface area contributed by atoms with Gasteiger partial charge in [0, 0.05) is 12.1 Å². The molecule has 1 rings (SSSR count). The summed E-state index contributed by atoms with van der Waals surface area (Å²) in [4.78, 5) is 11.5. The number of halogens is 1. The second-order valence-electron chi connectivity index (χ2n) is 4.07. The average Bonchev–Trinajstić information content (AvgIpc) is 2.18. The van der Waals surface area contributed by atoms with Crippen LogP contribution in [0.4, 0.5) is 4.39 Å². The third kappa shape index (κ3) is 3.35. The molecule has 0 heterocycles. The van der Waals surface area contributed by atoms with Crippen molar-refractivity contribution < 1.29 is 9.18 Å². The van der Waals surface area contributed by atoms with Gasteiger partial charge in [0.15, 0.2) is 0 Å². The summed E-state index contributed by atoms with van der Waals surface area (Å²) in [5.74, 6) is -0.168. The van der Waals surface area contributed by atoms with Gasteiger partial charge < -0.3 is 5.32 Å². The molecule has 0 unspecified atom stereocenters. The van der Waals surface area contributed by atoms with Crippen molar-refractivity contribution in [3.63, 3.8) is 0 Å². The van der Waals surface area contributed by atoms with E-state index in [1.807, 2.05) is 13.8 Å². The van der Waals surface area contributed by atoms with Crippen LogP contribution in [0.15, 0.2) is 18.2 Å². The van der Waals surface area contributed by atoms with Crippen LogP contribution in [0.5, 0.6) is 0 Å². The summed E-state index contributed by atoms with van der Waals surface area (Å²) in [5.41, 5.74) is 0.925. The Kier molecular flexibility index (Phi) is 3.83. The lowest BCUT2D eigenvalue weighted by Crippen LogP contribution is -2.27. The highest BCUT2D eigenvalue weighted by Crippen LogP contribution is 2.09. The number of rotatable bonds is 3. The van der Waals surface area contributed by atoms with Gasteiger partial charge in [-0.1, -0.05) is 19.9 Å². The van der Waals surface area contributed by atoms with Crippen molar-refractivity contribution in [3.8, 4) is 0 Å². The van der Waals surface area contributed by atoms with Crippen LogP contribution in [0, 0.1) is 18.7 Å². The molecule has 0 fully saturated rings. The monoisotopic (exact) mass is 209 g/mol. The Hall–Kier alpha value is -1.38. The highest BCUT2D eigenvalue weighted by atomic mass is 19.1. The normalized spacial score (nSPS) is 10.5. The molecule has 2 nitrogen and oxygen atoms in total. The van der Waals surface area contributed by atoms with Gasteiger partial charge in [-0.25, -0.2) is 4.39 Å². The lowest BCUT2D eigenvalue weighted by Gasteiger charge is -2.07. The number of aryl methyl sites for hydroxylation is 1. The maximum atomic E-state index is 13.2. The van der Waals surface area contributed by atoms with Crippen molar-refractivity contribution in [2.24, 2.45) is 5.92 Å². The topological polar surface area (TPSA) is 29.1 Å². The van der Waals surface area contributed by atoms with Crippen LogP contribution < -0.4 is 5.32 Å². The minimum atomic E-state index is -0.341. The van der Waals surface area contributed by atoms with E-state index in [1.165, 1.54) is 6.07 Å². The minimum Gasteiger partial charge on any atom is -0.352 e. The van der Waals surface area contributed by atoms with E-state index in [-0.39, 0.29) is 11.7 Å². The summed E-state index contributed by atoms with van der Waals surface area (Å²) in [5, 5.41) is 2.74. The van der Waals surface area contributed by atoms with Gasteiger partial charge in [0.25, 0.3) is 5.91 Å². The number of hydrogen-bond acceptors (Lipinski definition) is 1. The van der Waals surface area contributed by atoms with Gasteiger partial charge in [0.05, 0.1) is 0 Å². The van der Waals surface area contributed by atoms with Crippen molar-refractivity contribution >= 4 is 5.91 Å². The molecule has 0 bridgehead atoms. The number of benzene rings is 1. The van der Waals surface area contributed by atoms with Crippen LogP contribution >= 0.6 is 0 Å². The molecule has 0 aliphatic rings. The third-order valence-corrected chi connectivity index (χ3v) is 2.10. The number of nitrogens with one attached hydrogen (secondary N) is 1. The minimum absolute atomic E-state index is 0.220. The van der Waals surface area contributed by atoms with Crippen LogP contribution in [0.1, 0.15) is 29.8 Å². The van der Waals surface area contributed by atoms with Crippen molar-refractivity contribution in [3.05, 3.63) is 35.1 Å². The summed E-state index contributed by atoms with van der Waals surface area (Å²) in [6, 6.07) is 4.51. The second-order valence-corrected chi connectivity index (χ2v) is 4.07. The molecule has 0 aliphatic heterocycles. The molecule has 82 valence electrons. The fourth-order valence-corrected chi connectivity index (χ4v) is 1.13. The molecule has 1 aromatic rings. The standard InChI is InChI=1S/C12H16FNO/c1-8(2)7-14-12(15)10-5-4-9(3)11(13)6-10/h4-6,8H,7H2,1-3H3,(H,14,15). The largest absolute Gasteiger partial charge is 0.352 e. The predicted molar refractivity (Wildman–Crippen MR) is 58.3 cm³/mol. The van der Waals surface area contributed by atoms with Gasteiger partial charge in [-0.3, -0.25) is 4.79 Å². The first-order valence-electron chi connectivity index (χ1n) is 5.05. The molecule has 1 amide bonds. The predicted octanol–water partition coefficient (Wildman–Crippen LogP) is 2.52. The molecule has 15 heavy (non-hydrogen) atoms. The zero-order valence-corrected chi connectivity index (χ0v) is 9.30. The lowest BCUT2D eigenvalue weighted by molar-refractivity contribution is 0.0948. The maximum absolute atomic E-state index is 13.2. The van der Waals surface area contributed by atoms with E-state index in [0.29, 0.717) is 23.6 Å². The van der Waals surface area contributed by atoms with Gasteiger partial charge in [0.1, 0.15) is 5.82 Å². The summed E-state index contributed by atoms with van der Waals surface area (Å²) in [6.07, 6.45) is 0. The highest BCUT2D eigenvalue weighted by Gasteiger charge is 2.07. The van der Waals surface area contributed by atoms with Crippen LogP contribution in [-0.2, 0) is 0 Å². The van der Waals surface area contributed by atoms with Crippen LogP contribution in [-0.4, -0.2) is 12.5 Å². The van der Waals surface area contributed by atoms with E-state index in [0.717, 1.165) is 0 Å². The van der Waals surface area contributed by atoms with Crippen molar-refractivity contribution in [1.82, 2.24) is 5.32 Å². The van der Waals surface area contributed by atoms with Crippen molar-refractivity contribution in [2.75, 3.05) is 6.54 Å². The number of amides is 1. The molecular weight excluding hydrogens is 193 g/mol. The quantitative estimate of drug-likeness (QED) is 0.814. The maximum Gasteiger partial charge on any atom is 0.251 e. The molecule has 0 radical (unpaired) electrons. The number of carbonyl (C=O) groups excluding carboxylic acids is 1. The number of hydrogen-bond donors (Lipinski definition) is 1. The smallest absolute Gasteiger partial charge is 0.251 e. The zero-order chi connectivity index (χ0) is 11.4. The Bertz CT molecular complexity index is 361. The van der Waals surface area contributed by atoms with Gasteiger partial charge >= 0.3 is 0 Å². The summed E-state index contributed by atoms with van der Waals surface area (Å²) < 4.78 is 13.2. The molecule has 0 aliphatic carbocycles. The van der Waals surface area contributed by atoms with E-state index in [1.54, 1.807) is 19.1 Å². The zero-order valence-electron chi connectivity index (χ0n) is 9.30. The highest BCUT2D eigenvalue weighted by molar-refractivity contribution is 5.94. The van der Waals surface area contributed by atoms with Crippen molar-refractivity contribution in [1.29, 1.82) is 0 Å². The molecule has 0 saturated heterocycles. The lowest BCUT2D eigenvalue weighted by atomic mass is 10.1. The molecular formula is C12H16FNO. The summed E-state index contributed by atoms with van der Waals surface area (Å²) >= 11 is 0. The molecule has 0 spiro atoms. The first kappa shape index (κ1) is 11.7. The van der Waals surface area contributed by atoms with Crippen LogP contribution in [0.2, 0.25) is 0 Å². The molecule has 1 N–H and O–H groups in total. The molecule has 0 atom stereocenters. The van der Waals surface area contributed by atoms with E-state index < -0.39 is 0 Å². The Morgan fingerprint density at radius 3 is 2.67 bits per heavy atom. The van der Waals surface area contributed by atoms with Crippen molar-refractivity contribution in [2.45, 2.75) is 20.8 Å². The number of carbonyl (C=O) groups is 1. The Labute approximate surface area is 89.5 Å². The Morgan fingerprint density at radius 2 is 2.13 bits per heavy atom. The summed E-state index contributed by atoms with van der Waals surface area (Å²) in [7, 11) is 0. The third-order valence-electron chi connectivity index (χ3n) is 2.10. The molecule has 1 aromatic carbocycles. The van der Waals surface area contributed by atoms with E-state index in [4.69, 9.17) is 0 Å². The van der Waals surface area contributed by atoms with Gasteiger partial charge in [-0.15, -0.1) is 0 Å². The van der Waals surface area contributed by atoms with Gasteiger partial charge in [-0.05, 0) is 30.5 Å². The van der Waals surface area contributed by atoms with E-state index >= 15 is 0 Å². The Morgan fingerprint density at radius 1 is 1.47 bits per heavy atom. The molecule has 0 aromatic heterocycles. The van der Waals surface area contributed by atoms with Gasteiger partial charge in [-0.2, -0.15) is 0 Å². The fraction of sp³-hybridized carbons (Fsp3) is 0.417. The first-order valence-corrected chi connectivity index (χ1v) is 5.05. The average molecular weight is 209 g/mol. The first-order chi connectivity index (χ1) is 7.00. The van der Waals surface area contributed by atoms with Gasteiger partial charge in [0.2, 0.25) is 0 Å². The molecule has 3 heteroatoms. The van der Waals surface area contributed by atoms with E-state index in [9.17, 15) is 9.18 Å². The Balaban J connectivity index is 2.70. The van der Waals surface area contributed by atoms with E-state index in [2.05, 4.69) is 5.32 Å².